The number of hydrogen-bond donors (Lipinski definition) is 1. The second-order valence-electron chi connectivity index (χ2n) is 7.90. The van der Waals surface area contributed by atoms with Crippen LogP contribution in [0.1, 0.15) is 37.7 Å². The molecule has 3 heterocycles. The topological polar surface area (TPSA) is 82.6 Å². The summed E-state index contributed by atoms with van der Waals surface area (Å²) in [6, 6.07) is 10.3. The van der Waals surface area contributed by atoms with Gasteiger partial charge >= 0.3 is 0 Å². The van der Waals surface area contributed by atoms with Gasteiger partial charge in [0.1, 0.15) is 0 Å². The number of pyridine rings is 1. The van der Waals surface area contributed by atoms with E-state index in [-0.39, 0.29) is 17.2 Å². The van der Waals surface area contributed by atoms with Crippen LogP contribution in [0.2, 0.25) is 0 Å². The Hall–Kier alpha value is -2.45. The number of anilines is 2. The van der Waals surface area contributed by atoms with Crippen LogP contribution in [-0.4, -0.2) is 49.8 Å². The Morgan fingerprint density at radius 2 is 1.60 bits per heavy atom. The van der Waals surface area contributed by atoms with Crippen molar-refractivity contribution >= 4 is 27.4 Å². The first-order valence-electron chi connectivity index (χ1n) is 10.6. The molecule has 0 aliphatic carbocycles. The highest BCUT2D eigenvalue weighted by Crippen LogP contribution is 2.26. The monoisotopic (exact) mass is 428 g/mol. The average molecular weight is 429 g/mol. The summed E-state index contributed by atoms with van der Waals surface area (Å²) in [5.74, 6) is 0.668. The van der Waals surface area contributed by atoms with E-state index in [0.29, 0.717) is 18.8 Å². The molecule has 2 fully saturated rings. The summed E-state index contributed by atoms with van der Waals surface area (Å²) in [5, 5.41) is 2.96. The molecule has 8 heteroatoms. The number of carbonyl (C=O) groups is 1. The average Bonchev–Trinajstić information content (AvgIpc) is 3.30. The number of sulfonamides is 1. The van der Waals surface area contributed by atoms with Crippen LogP contribution in [-0.2, 0) is 21.2 Å². The Balaban J connectivity index is 1.41. The second-order valence-corrected chi connectivity index (χ2v) is 9.84. The molecule has 1 N–H and O–H groups in total. The molecule has 0 radical (unpaired) electrons. The molecule has 7 nitrogen and oxygen atoms in total. The first kappa shape index (κ1) is 20.8. The van der Waals surface area contributed by atoms with E-state index in [1.807, 2.05) is 12.1 Å². The van der Waals surface area contributed by atoms with Gasteiger partial charge in [0.15, 0.2) is 5.82 Å². The number of nitrogens with one attached hydrogen (secondary N) is 1. The standard InChI is InChI=1S/C22H28N4O3S/c27-21(24-20-7-6-12-23-22(20)25-13-4-5-14-25)17-18-8-10-19(11-9-18)30(28,29)26-15-2-1-3-16-26/h6-12H,1-5,13-17H2,(H,24,27). The molecule has 0 saturated carbocycles. The van der Waals surface area contributed by atoms with Crippen molar-refractivity contribution in [2.45, 2.75) is 43.4 Å². The fourth-order valence-electron chi connectivity index (χ4n) is 4.09. The highest BCUT2D eigenvalue weighted by molar-refractivity contribution is 7.89. The van der Waals surface area contributed by atoms with Gasteiger partial charge in [0.2, 0.25) is 15.9 Å². The van der Waals surface area contributed by atoms with Crippen LogP contribution in [0.3, 0.4) is 0 Å². The molecule has 0 spiro atoms. The molecule has 4 rings (SSSR count). The first-order chi connectivity index (χ1) is 14.5. The zero-order valence-electron chi connectivity index (χ0n) is 17.1. The van der Waals surface area contributed by atoms with Crippen LogP contribution in [0.15, 0.2) is 47.5 Å². The molecule has 160 valence electrons. The molecule has 2 saturated heterocycles. The largest absolute Gasteiger partial charge is 0.355 e. The van der Waals surface area contributed by atoms with Crippen molar-refractivity contribution < 1.29 is 13.2 Å². The molecule has 30 heavy (non-hydrogen) atoms. The van der Waals surface area contributed by atoms with E-state index in [9.17, 15) is 13.2 Å². The summed E-state index contributed by atoms with van der Waals surface area (Å²) < 4.78 is 27.1. The molecular formula is C22H28N4O3S. The van der Waals surface area contributed by atoms with Gasteiger partial charge in [-0.25, -0.2) is 13.4 Å². The summed E-state index contributed by atoms with van der Waals surface area (Å²) in [7, 11) is -3.45. The fourth-order valence-corrected chi connectivity index (χ4v) is 5.61. The molecule has 1 aromatic heterocycles. The maximum absolute atomic E-state index is 12.8. The minimum Gasteiger partial charge on any atom is -0.355 e. The molecule has 0 unspecified atom stereocenters. The van der Waals surface area contributed by atoms with Crippen molar-refractivity contribution in [3.63, 3.8) is 0 Å². The summed E-state index contributed by atoms with van der Waals surface area (Å²) in [6.45, 7) is 3.06. The van der Waals surface area contributed by atoms with Crippen molar-refractivity contribution in [3.05, 3.63) is 48.2 Å². The summed E-state index contributed by atoms with van der Waals surface area (Å²) in [4.78, 5) is 19.5. The van der Waals surface area contributed by atoms with Gasteiger partial charge in [0.05, 0.1) is 17.0 Å². The van der Waals surface area contributed by atoms with Crippen molar-refractivity contribution in [1.82, 2.24) is 9.29 Å². The molecule has 2 aromatic rings. The predicted molar refractivity (Wildman–Crippen MR) is 117 cm³/mol. The Labute approximate surface area is 178 Å². The van der Waals surface area contributed by atoms with Crippen LogP contribution in [0.4, 0.5) is 11.5 Å². The van der Waals surface area contributed by atoms with E-state index >= 15 is 0 Å². The van der Waals surface area contributed by atoms with Gasteiger partial charge in [-0.05, 0) is 55.5 Å². The van der Waals surface area contributed by atoms with E-state index in [0.717, 1.165) is 56.6 Å². The Morgan fingerprint density at radius 3 is 2.30 bits per heavy atom. The lowest BCUT2D eigenvalue weighted by Crippen LogP contribution is -2.35. The SMILES string of the molecule is O=C(Cc1ccc(S(=O)(=O)N2CCCCC2)cc1)Nc1cccnc1N1CCCC1. The van der Waals surface area contributed by atoms with Gasteiger partial charge in [-0.3, -0.25) is 4.79 Å². The van der Waals surface area contributed by atoms with Gasteiger partial charge in [-0.15, -0.1) is 0 Å². The molecule has 0 atom stereocenters. The number of amides is 1. The van der Waals surface area contributed by atoms with Crippen molar-refractivity contribution in [2.75, 3.05) is 36.4 Å². The van der Waals surface area contributed by atoms with Crippen molar-refractivity contribution in [1.29, 1.82) is 0 Å². The highest BCUT2D eigenvalue weighted by atomic mass is 32.2. The molecule has 0 bridgehead atoms. The van der Waals surface area contributed by atoms with Crippen LogP contribution in [0, 0.1) is 0 Å². The molecule has 1 amide bonds. The Bertz CT molecular complexity index is 980. The van der Waals surface area contributed by atoms with Crippen LogP contribution < -0.4 is 10.2 Å². The van der Waals surface area contributed by atoms with Gasteiger partial charge < -0.3 is 10.2 Å². The third-order valence-electron chi connectivity index (χ3n) is 5.71. The lowest BCUT2D eigenvalue weighted by atomic mass is 10.1. The summed E-state index contributed by atoms with van der Waals surface area (Å²) in [6.07, 6.45) is 7.09. The summed E-state index contributed by atoms with van der Waals surface area (Å²) in [5.41, 5.74) is 1.49. The lowest BCUT2D eigenvalue weighted by Gasteiger charge is -2.25. The molecule has 2 aliphatic rings. The number of aromatic nitrogens is 1. The minimum atomic E-state index is -3.45. The van der Waals surface area contributed by atoms with E-state index in [1.54, 1.807) is 34.8 Å². The van der Waals surface area contributed by atoms with E-state index < -0.39 is 10.0 Å². The number of hydrogen-bond acceptors (Lipinski definition) is 5. The van der Waals surface area contributed by atoms with Gasteiger partial charge in [-0.1, -0.05) is 18.6 Å². The number of rotatable bonds is 6. The first-order valence-corrected chi connectivity index (χ1v) is 12.1. The van der Waals surface area contributed by atoms with E-state index in [4.69, 9.17) is 0 Å². The second kappa shape index (κ2) is 9.14. The predicted octanol–water partition coefficient (Wildman–Crippen LogP) is 3.04. The van der Waals surface area contributed by atoms with Crippen LogP contribution in [0.5, 0.6) is 0 Å². The number of benzene rings is 1. The number of piperidine rings is 1. The molecule has 2 aliphatic heterocycles. The van der Waals surface area contributed by atoms with Crippen molar-refractivity contribution in [3.8, 4) is 0 Å². The van der Waals surface area contributed by atoms with E-state index in [2.05, 4.69) is 15.2 Å². The normalized spacial score (nSPS) is 17.8. The summed E-state index contributed by atoms with van der Waals surface area (Å²) >= 11 is 0. The Morgan fingerprint density at radius 1 is 0.933 bits per heavy atom. The third kappa shape index (κ3) is 4.65. The minimum absolute atomic E-state index is 0.143. The van der Waals surface area contributed by atoms with Crippen molar-refractivity contribution in [2.24, 2.45) is 0 Å². The van der Waals surface area contributed by atoms with Gasteiger partial charge in [0.25, 0.3) is 0 Å². The number of carbonyl (C=O) groups excluding carboxylic acids is 1. The van der Waals surface area contributed by atoms with E-state index in [1.165, 1.54) is 0 Å². The quantitative estimate of drug-likeness (QED) is 0.765. The molecular weight excluding hydrogens is 400 g/mol. The number of nitrogens with zero attached hydrogens (tertiary/aromatic N) is 3. The van der Waals surface area contributed by atoms with Crippen LogP contribution in [0.25, 0.3) is 0 Å². The Kier molecular flexibility index (Phi) is 6.34. The van der Waals surface area contributed by atoms with Gasteiger partial charge in [-0.2, -0.15) is 4.31 Å². The zero-order chi connectivity index (χ0) is 21.0. The maximum atomic E-state index is 12.8. The smallest absolute Gasteiger partial charge is 0.243 e. The van der Waals surface area contributed by atoms with Gasteiger partial charge in [0, 0.05) is 32.4 Å². The lowest BCUT2D eigenvalue weighted by molar-refractivity contribution is -0.115. The van der Waals surface area contributed by atoms with Crippen LogP contribution >= 0.6 is 0 Å². The zero-order valence-corrected chi connectivity index (χ0v) is 17.9. The molecule has 1 aromatic carbocycles. The fraction of sp³-hybridized carbons (Fsp3) is 0.455. The highest BCUT2D eigenvalue weighted by Gasteiger charge is 2.25. The maximum Gasteiger partial charge on any atom is 0.243 e. The third-order valence-corrected chi connectivity index (χ3v) is 7.62.